The molecule has 2 N–H and O–H groups in total. The topological polar surface area (TPSA) is 114 Å². The van der Waals surface area contributed by atoms with Crippen LogP contribution in [0.15, 0.2) is 24.3 Å². The van der Waals surface area contributed by atoms with E-state index < -0.39 is 5.91 Å². The maximum Gasteiger partial charge on any atom is 0.286 e. The van der Waals surface area contributed by atoms with E-state index in [4.69, 9.17) is 16.3 Å². The highest BCUT2D eigenvalue weighted by atomic mass is 35.5. The lowest BCUT2D eigenvalue weighted by atomic mass is 9.97. The van der Waals surface area contributed by atoms with Gasteiger partial charge in [0.2, 0.25) is 15.9 Å². The van der Waals surface area contributed by atoms with Crippen LogP contribution in [0, 0.1) is 5.92 Å². The molecular weight excluding hydrogens is 454 g/mol. The number of nitrogens with zero attached hydrogens (tertiary/aromatic N) is 3. The second kappa shape index (κ2) is 11.9. The van der Waals surface area contributed by atoms with Crippen LogP contribution in [0.3, 0.4) is 0 Å². The van der Waals surface area contributed by atoms with Gasteiger partial charge in [-0.15, -0.1) is 10.2 Å². The van der Waals surface area contributed by atoms with E-state index >= 15 is 0 Å². The third-order valence-corrected chi connectivity index (χ3v) is 6.08. The van der Waals surface area contributed by atoms with E-state index in [0.29, 0.717) is 43.6 Å². The predicted octanol–water partition coefficient (Wildman–Crippen LogP) is 2.84. The van der Waals surface area contributed by atoms with Gasteiger partial charge >= 0.3 is 0 Å². The minimum absolute atomic E-state index is 0.0575. The summed E-state index contributed by atoms with van der Waals surface area (Å²) in [5.74, 6) is -1.11. The van der Waals surface area contributed by atoms with Crippen molar-refractivity contribution in [3.05, 3.63) is 39.3 Å². The van der Waals surface area contributed by atoms with Crippen LogP contribution >= 0.6 is 22.9 Å². The Balaban J connectivity index is 1.53. The van der Waals surface area contributed by atoms with Crippen molar-refractivity contribution in [3.63, 3.8) is 0 Å². The summed E-state index contributed by atoms with van der Waals surface area (Å²) in [6, 6.07) is 6.73. The molecule has 2 heterocycles. The maximum atomic E-state index is 12.9. The van der Waals surface area contributed by atoms with Crippen molar-refractivity contribution in [1.29, 1.82) is 0 Å². The molecule has 1 fully saturated rings. The maximum absolute atomic E-state index is 12.9. The molecule has 3 amide bonds. The predicted molar refractivity (Wildman–Crippen MR) is 122 cm³/mol. The number of carbonyl (C=O) groups is 3. The van der Waals surface area contributed by atoms with Crippen LogP contribution in [0.25, 0.3) is 0 Å². The summed E-state index contributed by atoms with van der Waals surface area (Å²) in [4.78, 5) is 39.3. The number of rotatable bonds is 9. The van der Waals surface area contributed by atoms with Crippen molar-refractivity contribution < 1.29 is 19.1 Å². The molecule has 0 bridgehead atoms. The third-order valence-electron chi connectivity index (χ3n) is 4.93. The highest BCUT2D eigenvalue weighted by molar-refractivity contribution is 7.15. The molecule has 0 spiro atoms. The Kier molecular flexibility index (Phi) is 8.95. The molecular formula is C21H26ClN5O4S. The highest BCUT2D eigenvalue weighted by Gasteiger charge is 2.30. The van der Waals surface area contributed by atoms with E-state index in [1.54, 1.807) is 29.2 Å². The molecule has 1 atom stereocenters. The average Bonchev–Trinajstić information content (AvgIpc) is 3.29. The molecule has 0 saturated carbocycles. The normalized spacial score (nSPS) is 15.9. The molecule has 32 heavy (non-hydrogen) atoms. The molecule has 1 saturated heterocycles. The number of amides is 3. The smallest absolute Gasteiger partial charge is 0.286 e. The molecule has 2 aromatic rings. The summed E-state index contributed by atoms with van der Waals surface area (Å²) < 4.78 is 5.27. The standard InChI is InChI=1S/C21H26ClN5O4S/c1-2-31-11-5-9-23-17(28)14-6-4-10-27(13-14)21(30)20-26-25-19(32-20)18(29)24-16-8-3-7-15(22)12-16/h3,7-8,12,14H,2,4-6,9-11,13H2,1H3,(H,23,28)(H,24,29)/t14-/m1/s1. The van der Waals surface area contributed by atoms with Crippen LogP contribution in [-0.2, 0) is 9.53 Å². The van der Waals surface area contributed by atoms with Gasteiger partial charge in [0, 0.05) is 43.6 Å². The van der Waals surface area contributed by atoms with Crippen LogP contribution < -0.4 is 10.6 Å². The van der Waals surface area contributed by atoms with Gasteiger partial charge in [0.05, 0.1) is 5.92 Å². The number of aromatic nitrogens is 2. The monoisotopic (exact) mass is 479 g/mol. The first kappa shape index (κ1) is 24.1. The molecule has 0 unspecified atom stereocenters. The van der Waals surface area contributed by atoms with Crippen molar-refractivity contribution in [2.45, 2.75) is 26.2 Å². The average molecular weight is 480 g/mol. The number of hydrogen-bond acceptors (Lipinski definition) is 7. The molecule has 1 aromatic carbocycles. The minimum Gasteiger partial charge on any atom is -0.382 e. The fourth-order valence-corrected chi connectivity index (χ4v) is 4.23. The molecule has 3 rings (SSSR count). The van der Waals surface area contributed by atoms with Crippen molar-refractivity contribution in [2.24, 2.45) is 5.92 Å². The number of ether oxygens (including phenoxy) is 1. The van der Waals surface area contributed by atoms with Crippen molar-refractivity contribution in [1.82, 2.24) is 20.4 Å². The quantitative estimate of drug-likeness (QED) is 0.534. The fourth-order valence-electron chi connectivity index (χ4n) is 3.34. The molecule has 1 aliphatic rings. The summed E-state index contributed by atoms with van der Waals surface area (Å²) >= 11 is 6.85. The first-order chi connectivity index (χ1) is 15.5. The summed E-state index contributed by atoms with van der Waals surface area (Å²) in [5.41, 5.74) is 0.525. The number of likely N-dealkylation sites (tertiary alicyclic amines) is 1. The lowest BCUT2D eigenvalue weighted by Crippen LogP contribution is -2.45. The summed E-state index contributed by atoms with van der Waals surface area (Å²) in [5, 5.41) is 14.0. The number of carbonyl (C=O) groups excluding carboxylic acids is 3. The Morgan fingerprint density at radius 2 is 2.09 bits per heavy atom. The molecule has 1 aliphatic heterocycles. The van der Waals surface area contributed by atoms with Crippen LogP contribution in [-0.4, -0.2) is 65.7 Å². The number of piperidine rings is 1. The minimum atomic E-state index is -0.466. The van der Waals surface area contributed by atoms with Gasteiger partial charge in [-0.25, -0.2) is 0 Å². The van der Waals surface area contributed by atoms with Crippen LogP contribution in [0.1, 0.15) is 45.8 Å². The van der Waals surface area contributed by atoms with E-state index in [0.717, 1.165) is 30.6 Å². The van der Waals surface area contributed by atoms with E-state index in [9.17, 15) is 14.4 Å². The zero-order chi connectivity index (χ0) is 22.9. The molecule has 0 radical (unpaired) electrons. The third kappa shape index (κ3) is 6.72. The fraction of sp³-hybridized carbons (Fsp3) is 0.476. The Hall–Kier alpha value is -2.56. The Labute approximate surface area is 195 Å². The Bertz CT molecular complexity index is 954. The summed E-state index contributed by atoms with van der Waals surface area (Å²) in [7, 11) is 0. The van der Waals surface area contributed by atoms with Crippen molar-refractivity contribution in [3.8, 4) is 0 Å². The van der Waals surface area contributed by atoms with Crippen molar-refractivity contribution in [2.75, 3.05) is 38.2 Å². The van der Waals surface area contributed by atoms with Gasteiger partial charge in [0.25, 0.3) is 11.8 Å². The first-order valence-corrected chi connectivity index (χ1v) is 11.7. The van der Waals surface area contributed by atoms with Gasteiger partial charge < -0.3 is 20.3 Å². The Morgan fingerprint density at radius 1 is 1.28 bits per heavy atom. The number of anilines is 1. The largest absolute Gasteiger partial charge is 0.382 e. The highest BCUT2D eigenvalue weighted by Crippen LogP contribution is 2.21. The zero-order valence-corrected chi connectivity index (χ0v) is 19.4. The second-order valence-corrected chi connectivity index (χ2v) is 8.72. The van der Waals surface area contributed by atoms with Gasteiger partial charge in [-0.05, 0) is 44.4 Å². The van der Waals surface area contributed by atoms with E-state index in [2.05, 4.69) is 20.8 Å². The first-order valence-electron chi connectivity index (χ1n) is 10.5. The molecule has 0 aliphatic carbocycles. The zero-order valence-electron chi connectivity index (χ0n) is 17.8. The van der Waals surface area contributed by atoms with Gasteiger partial charge in [-0.1, -0.05) is 29.0 Å². The van der Waals surface area contributed by atoms with E-state index in [-0.39, 0.29) is 27.7 Å². The molecule has 11 heteroatoms. The SMILES string of the molecule is CCOCCCNC(=O)[C@@H]1CCCN(C(=O)c2nnc(C(=O)Nc3cccc(Cl)c3)s2)C1. The van der Waals surface area contributed by atoms with Crippen LogP contribution in [0.2, 0.25) is 5.02 Å². The number of nitrogens with one attached hydrogen (secondary N) is 2. The number of hydrogen-bond donors (Lipinski definition) is 2. The van der Waals surface area contributed by atoms with E-state index in [1.165, 1.54) is 0 Å². The lowest BCUT2D eigenvalue weighted by Gasteiger charge is -2.31. The van der Waals surface area contributed by atoms with Crippen molar-refractivity contribution >= 4 is 46.3 Å². The van der Waals surface area contributed by atoms with Gasteiger partial charge in [0.15, 0.2) is 0 Å². The number of halogens is 1. The molecule has 9 nitrogen and oxygen atoms in total. The summed E-state index contributed by atoms with van der Waals surface area (Å²) in [6.45, 7) is 4.60. The van der Waals surface area contributed by atoms with E-state index in [1.807, 2.05) is 6.92 Å². The van der Waals surface area contributed by atoms with Gasteiger partial charge in [0.1, 0.15) is 0 Å². The van der Waals surface area contributed by atoms with Crippen LogP contribution in [0.5, 0.6) is 0 Å². The lowest BCUT2D eigenvalue weighted by molar-refractivity contribution is -0.126. The van der Waals surface area contributed by atoms with Gasteiger partial charge in [-0.2, -0.15) is 0 Å². The number of benzene rings is 1. The van der Waals surface area contributed by atoms with Gasteiger partial charge in [-0.3, -0.25) is 14.4 Å². The summed E-state index contributed by atoms with van der Waals surface area (Å²) in [6.07, 6.45) is 2.20. The molecule has 1 aromatic heterocycles. The van der Waals surface area contributed by atoms with Crippen LogP contribution in [0.4, 0.5) is 5.69 Å². The Morgan fingerprint density at radius 3 is 2.88 bits per heavy atom. The molecule has 172 valence electrons. The second-order valence-electron chi connectivity index (χ2n) is 7.31.